The van der Waals surface area contributed by atoms with Crippen molar-refractivity contribution in [3.8, 4) is 0 Å². The number of nitrogens with one attached hydrogen (secondary N) is 1. The molecule has 0 unspecified atom stereocenters. The molecule has 7 heteroatoms. The standard InChI is InChI=1S/C15H17F3N2O2/c1-9(2)7-12(14(19)22)20-13(21)8-10-3-5-11(6-4-10)15(16,17)18/h3-6,12H,1,7-8H2,2H3,(H2,19,22)(H,20,21)/t12-/m1/s1. The molecule has 1 aromatic rings. The second kappa shape index (κ2) is 7.11. The Labute approximate surface area is 126 Å². The number of hydrogen-bond acceptors (Lipinski definition) is 2. The summed E-state index contributed by atoms with van der Waals surface area (Å²) in [6.07, 6.45) is -4.34. The van der Waals surface area contributed by atoms with Crippen molar-refractivity contribution in [2.45, 2.75) is 32.0 Å². The molecule has 0 spiro atoms. The first-order valence-corrected chi connectivity index (χ1v) is 6.49. The molecule has 0 saturated heterocycles. The number of carbonyl (C=O) groups excluding carboxylic acids is 2. The van der Waals surface area contributed by atoms with Crippen LogP contribution in [0.25, 0.3) is 0 Å². The molecule has 1 atom stereocenters. The smallest absolute Gasteiger partial charge is 0.368 e. The van der Waals surface area contributed by atoms with Crippen LogP contribution in [0.2, 0.25) is 0 Å². The van der Waals surface area contributed by atoms with E-state index in [2.05, 4.69) is 11.9 Å². The second-order valence-electron chi connectivity index (χ2n) is 5.06. The van der Waals surface area contributed by atoms with Crippen molar-refractivity contribution in [1.29, 1.82) is 0 Å². The molecule has 1 rings (SSSR count). The third-order valence-electron chi connectivity index (χ3n) is 2.88. The first-order chi connectivity index (χ1) is 10.1. The summed E-state index contributed by atoms with van der Waals surface area (Å²) in [6, 6.07) is 3.38. The van der Waals surface area contributed by atoms with Gasteiger partial charge in [0.1, 0.15) is 6.04 Å². The van der Waals surface area contributed by atoms with Crippen molar-refractivity contribution in [2.75, 3.05) is 0 Å². The lowest BCUT2D eigenvalue weighted by Gasteiger charge is -2.15. The minimum Gasteiger partial charge on any atom is -0.368 e. The number of hydrogen-bond donors (Lipinski definition) is 2. The lowest BCUT2D eigenvalue weighted by molar-refractivity contribution is -0.137. The molecule has 0 bridgehead atoms. The van der Waals surface area contributed by atoms with Crippen molar-refractivity contribution in [2.24, 2.45) is 5.73 Å². The van der Waals surface area contributed by atoms with Crippen molar-refractivity contribution >= 4 is 11.8 Å². The highest BCUT2D eigenvalue weighted by atomic mass is 19.4. The molecule has 1 aromatic carbocycles. The molecule has 0 saturated carbocycles. The zero-order valence-electron chi connectivity index (χ0n) is 12.0. The Morgan fingerprint density at radius 3 is 2.23 bits per heavy atom. The van der Waals surface area contributed by atoms with Crippen LogP contribution >= 0.6 is 0 Å². The minimum atomic E-state index is -4.42. The van der Waals surface area contributed by atoms with Gasteiger partial charge in [-0.05, 0) is 31.0 Å². The van der Waals surface area contributed by atoms with Crippen molar-refractivity contribution in [1.82, 2.24) is 5.32 Å². The van der Waals surface area contributed by atoms with E-state index in [0.717, 1.165) is 12.1 Å². The van der Waals surface area contributed by atoms with Crippen LogP contribution in [0.4, 0.5) is 13.2 Å². The molecule has 4 nitrogen and oxygen atoms in total. The van der Waals surface area contributed by atoms with Gasteiger partial charge < -0.3 is 11.1 Å². The molecule has 0 aliphatic carbocycles. The van der Waals surface area contributed by atoms with Gasteiger partial charge in [0.05, 0.1) is 12.0 Å². The minimum absolute atomic E-state index is 0.141. The monoisotopic (exact) mass is 314 g/mol. The van der Waals surface area contributed by atoms with Gasteiger partial charge in [-0.15, -0.1) is 6.58 Å². The molecule has 22 heavy (non-hydrogen) atoms. The fourth-order valence-corrected chi connectivity index (χ4v) is 1.81. The topological polar surface area (TPSA) is 72.2 Å². The van der Waals surface area contributed by atoms with Crippen molar-refractivity contribution in [3.05, 3.63) is 47.5 Å². The van der Waals surface area contributed by atoms with Crippen LogP contribution in [0.3, 0.4) is 0 Å². The van der Waals surface area contributed by atoms with Crippen LogP contribution in [0, 0.1) is 0 Å². The molecule has 0 heterocycles. The van der Waals surface area contributed by atoms with E-state index in [1.54, 1.807) is 6.92 Å². The van der Waals surface area contributed by atoms with Crippen LogP contribution in [0.15, 0.2) is 36.4 Å². The Balaban J connectivity index is 2.68. The summed E-state index contributed by atoms with van der Waals surface area (Å²) in [5, 5.41) is 2.44. The van der Waals surface area contributed by atoms with E-state index < -0.39 is 29.6 Å². The van der Waals surface area contributed by atoms with Crippen LogP contribution in [0.1, 0.15) is 24.5 Å². The van der Waals surface area contributed by atoms with Gasteiger partial charge in [-0.25, -0.2) is 0 Å². The molecule has 0 aromatic heterocycles. The predicted molar refractivity (Wildman–Crippen MR) is 75.7 cm³/mol. The number of primary amides is 1. The van der Waals surface area contributed by atoms with E-state index in [4.69, 9.17) is 5.73 Å². The van der Waals surface area contributed by atoms with E-state index in [0.29, 0.717) is 11.1 Å². The molecule has 0 radical (unpaired) electrons. The van der Waals surface area contributed by atoms with E-state index in [9.17, 15) is 22.8 Å². The summed E-state index contributed by atoms with van der Waals surface area (Å²) in [6.45, 7) is 5.33. The van der Waals surface area contributed by atoms with Crippen molar-refractivity contribution in [3.63, 3.8) is 0 Å². The maximum absolute atomic E-state index is 12.4. The molecule has 3 N–H and O–H groups in total. The van der Waals surface area contributed by atoms with Gasteiger partial charge in [0.25, 0.3) is 0 Å². The van der Waals surface area contributed by atoms with Crippen LogP contribution in [-0.2, 0) is 22.2 Å². The molecular formula is C15H17F3N2O2. The van der Waals surface area contributed by atoms with Crippen LogP contribution in [0.5, 0.6) is 0 Å². The molecule has 0 aliphatic heterocycles. The summed E-state index contributed by atoms with van der Waals surface area (Å²) in [4.78, 5) is 23.0. The van der Waals surface area contributed by atoms with Gasteiger partial charge in [0.15, 0.2) is 0 Å². The van der Waals surface area contributed by atoms with Crippen LogP contribution in [-0.4, -0.2) is 17.9 Å². The normalized spacial score (nSPS) is 12.5. The Morgan fingerprint density at radius 1 is 1.27 bits per heavy atom. The second-order valence-corrected chi connectivity index (χ2v) is 5.06. The van der Waals surface area contributed by atoms with Gasteiger partial charge >= 0.3 is 6.18 Å². The third-order valence-corrected chi connectivity index (χ3v) is 2.88. The summed E-state index contributed by atoms with van der Waals surface area (Å²) in [5.41, 5.74) is 5.48. The SMILES string of the molecule is C=C(C)C[C@@H](NC(=O)Cc1ccc(C(F)(F)F)cc1)C(N)=O. The number of carbonyl (C=O) groups is 2. The Kier molecular flexibility index (Phi) is 5.73. The summed E-state index contributed by atoms with van der Waals surface area (Å²) >= 11 is 0. The fourth-order valence-electron chi connectivity index (χ4n) is 1.81. The van der Waals surface area contributed by atoms with E-state index in [1.165, 1.54) is 12.1 Å². The summed E-state index contributed by atoms with van der Waals surface area (Å²) in [7, 11) is 0. The lowest BCUT2D eigenvalue weighted by atomic mass is 10.1. The predicted octanol–water partition coefficient (Wildman–Crippen LogP) is 2.18. The van der Waals surface area contributed by atoms with E-state index in [-0.39, 0.29) is 12.8 Å². The van der Waals surface area contributed by atoms with Gasteiger partial charge in [-0.3, -0.25) is 9.59 Å². The van der Waals surface area contributed by atoms with Gasteiger partial charge in [-0.1, -0.05) is 17.7 Å². The fraction of sp³-hybridized carbons (Fsp3) is 0.333. The summed E-state index contributed by atoms with van der Waals surface area (Å²) in [5.74, 6) is -1.19. The lowest BCUT2D eigenvalue weighted by Crippen LogP contribution is -2.45. The first kappa shape index (κ1) is 17.7. The number of alkyl halides is 3. The number of rotatable bonds is 6. The van der Waals surface area contributed by atoms with Crippen LogP contribution < -0.4 is 11.1 Å². The highest BCUT2D eigenvalue weighted by Gasteiger charge is 2.30. The first-order valence-electron chi connectivity index (χ1n) is 6.49. The average Bonchev–Trinajstić information content (AvgIpc) is 2.36. The Hall–Kier alpha value is -2.31. The van der Waals surface area contributed by atoms with Gasteiger partial charge in [-0.2, -0.15) is 13.2 Å². The number of benzene rings is 1. The third kappa shape index (κ3) is 5.59. The number of halogens is 3. The molecule has 0 aliphatic rings. The quantitative estimate of drug-likeness (QED) is 0.790. The van der Waals surface area contributed by atoms with E-state index >= 15 is 0 Å². The average molecular weight is 314 g/mol. The number of nitrogens with two attached hydrogens (primary N) is 1. The Morgan fingerprint density at radius 2 is 1.82 bits per heavy atom. The molecule has 0 fully saturated rings. The van der Waals surface area contributed by atoms with Crippen molar-refractivity contribution < 1.29 is 22.8 Å². The highest BCUT2D eigenvalue weighted by Crippen LogP contribution is 2.29. The number of amides is 2. The maximum atomic E-state index is 12.4. The van der Waals surface area contributed by atoms with Gasteiger partial charge in [0.2, 0.25) is 11.8 Å². The maximum Gasteiger partial charge on any atom is 0.416 e. The summed E-state index contributed by atoms with van der Waals surface area (Å²) < 4.78 is 37.3. The zero-order chi connectivity index (χ0) is 16.9. The molecule has 2 amide bonds. The van der Waals surface area contributed by atoms with E-state index in [1.807, 2.05) is 0 Å². The molecular weight excluding hydrogens is 297 g/mol. The largest absolute Gasteiger partial charge is 0.416 e. The van der Waals surface area contributed by atoms with Gasteiger partial charge in [0, 0.05) is 0 Å². The highest BCUT2D eigenvalue weighted by molar-refractivity contribution is 5.87. The Bertz CT molecular complexity index is 565. The molecule has 120 valence electrons. The zero-order valence-corrected chi connectivity index (χ0v) is 12.0.